The summed E-state index contributed by atoms with van der Waals surface area (Å²) in [5.41, 5.74) is 0. The van der Waals surface area contributed by atoms with Crippen LogP contribution in [0.3, 0.4) is 0 Å². The standard InChI is InChI=1S/C10H23NO2S/c1-4-11-10(6-13-3)8-14-7-9(2)5-12/h9-12H,4-8H2,1-3H3. The van der Waals surface area contributed by atoms with Gasteiger partial charge in [0, 0.05) is 25.5 Å². The minimum atomic E-state index is 0.281. The number of aliphatic hydroxyl groups excluding tert-OH is 1. The van der Waals surface area contributed by atoms with Gasteiger partial charge in [0.2, 0.25) is 0 Å². The molecule has 86 valence electrons. The van der Waals surface area contributed by atoms with Gasteiger partial charge in [-0.2, -0.15) is 11.8 Å². The lowest BCUT2D eigenvalue weighted by atomic mass is 10.2. The number of hydrogen-bond acceptors (Lipinski definition) is 4. The molecule has 0 aliphatic rings. The van der Waals surface area contributed by atoms with Crippen molar-refractivity contribution in [1.82, 2.24) is 5.32 Å². The van der Waals surface area contributed by atoms with Crippen LogP contribution in [0, 0.1) is 5.92 Å². The third-order valence-electron chi connectivity index (χ3n) is 1.89. The number of hydrogen-bond donors (Lipinski definition) is 2. The van der Waals surface area contributed by atoms with Crippen molar-refractivity contribution in [3.63, 3.8) is 0 Å². The van der Waals surface area contributed by atoms with Gasteiger partial charge in [0.15, 0.2) is 0 Å². The minimum Gasteiger partial charge on any atom is -0.396 e. The zero-order valence-electron chi connectivity index (χ0n) is 9.45. The van der Waals surface area contributed by atoms with E-state index in [4.69, 9.17) is 9.84 Å². The largest absolute Gasteiger partial charge is 0.396 e. The molecule has 2 N–H and O–H groups in total. The molecule has 0 amide bonds. The van der Waals surface area contributed by atoms with Gasteiger partial charge in [-0.15, -0.1) is 0 Å². The summed E-state index contributed by atoms with van der Waals surface area (Å²) in [4.78, 5) is 0. The smallest absolute Gasteiger partial charge is 0.0623 e. The van der Waals surface area contributed by atoms with Gasteiger partial charge in [0.1, 0.15) is 0 Å². The highest BCUT2D eigenvalue weighted by atomic mass is 32.2. The van der Waals surface area contributed by atoms with Crippen LogP contribution in [0.25, 0.3) is 0 Å². The molecule has 0 aliphatic carbocycles. The summed E-state index contributed by atoms with van der Waals surface area (Å²) in [6.07, 6.45) is 0. The van der Waals surface area contributed by atoms with E-state index >= 15 is 0 Å². The van der Waals surface area contributed by atoms with Gasteiger partial charge in [0.05, 0.1) is 6.61 Å². The Kier molecular flexibility index (Phi) is 9.93. The fourth-order valence-corrected chi connectivity index (χ4v) is 2.26. The van der Waals surface area contributed by atoms with E-state index in [-0.39, 0.29) is 6.61 Å². The number of aliphatic hydroxyl groups is 1. The quantitative estimate of drug-likeness (QED) is 0.609. The first kappa shape index (κ1) is 14.2. The first-order valence-corrected chi connectivity index (χ1v) is 6.30. The Morgan fingerprint density at radius 2 is 2.14 bits per heavy atom. The van der Waals surface area contributed by atoms with Crippen LogP contribution >= 0.6 is 11.8 Å². The molecule has 2 unspecified atom stereocenters. The van der Waals surface area contributed by atoms with Gasteiger partial charge >= 0.3 is 0 Å². The topological polar surface area (TPSA) is 41.5 Å². The van der Waals surface area contributed by atoms with Crippen LogP contribution < -0.4 is 5.32 Å². The molecule has 0 saturated carbocycles. The van der Waals surface area contributed by atoms with Crippen LogP contribution in [0.1, 0.15) is 13.8 Å². The van der Waals surface area contributed by atoms with Gasteiger partial charge < -0.3 is 15.2 Å². The van der Waals surface area contributed by atoms with Gasteiger partial charge in [-0.05, 0) is 18.2 Å². The maximum absolute atomic E-state index is 8.85. The highest BCUT2D eigenvalue weighted by molar-refractivity contribution is 7.99. The molecule has 0 saturated heterocycles. The SMILES string of the molecule is CCNC(COC)CSCC(C)CO. The average Bonchev–Trinajstić information content (AvgIpc) is 2.18. The summed E-state index contributed by atoms with van der Waals surface area (Å²) in [7, 11) is 1.73. The van der Waals surface area contributed by atoms with Gasteiger partial charge in [0.25, 0.3) is 0 Å². The third kappa shape index (κ3) is 7.62. The summed E-state index contributed by atoms with van der Waals surface area (Å²) in [6, 6.07) is 0.431. The molecule has 2 atom stereocenters. The van der Waals surface area contributed by atoms with Crippen LogP contribution in [0.2, 0.25) is 0 Å². The maximum atomic E-state index is 8.85. The molecular formula is C10H23NO2S. The number of ether oxygens (including phenoxy) is 1. The van der Waals surface area contributed by atoms with E-state index in [0.29, 0.717) is 12.0 Å². The molecule has 4 heteroatoms. The molecule has 0 fully saturated rings. The second-order valence-electron chi connectivity index (χ2n) is 3.54. The van der Waals surface area contributed by atoms with Crippen LogP contribution in [0.4, 0.5) is 0 Å². The molecule has 0 aromatic heterocycles. The second kappa shape index (κ2) is 9.77. The molecule has 0 spiro atoms. The van der Waals surface area contributed by atoms with E-state index in [2.05, 4.69) is 19.2 Å². The summed E-state index contributed by atoms with van der Waals surface area (Å²) >= 11 is 1.87. The lowest BCUT2D eigenvalue weighted by Gasteiger charge is -2.17. The van der Waals surface area contributed by atoms with Crippen molar-refractivity contribution in [2.75, 3.05) is 38.4 Å². The Morgan fingerprint density at radius 3 is 2.64 bits per heavy atom. The minimum absolute atomic E-state index is 0.281. The Morgan fingerprint density at radius 1 is 1.43 bits per heavy atom. The zero-order valence-corrected chi connectivity index (χ0v) is 10.3. The lowest BCUT2D eigenvalue weighted by Crippen LogP contribution is -2.35. The number of methoxy groups -OCH3 is 1. The third-order valence-corrected chi connectivity index (χ3v) is 3.34. The molecule has 0 aromatic carbocycles. The molecule has 14 heavy (non-hydrogen) atoms. The van der Waals surface area contributed by atoms with E-state index < -0.39 is 0 Å². The van der Waals surface area contributed by atoms with Gasteiger partial charge in [-0.1, -0.05) is 13.8 Å². The predicted octanol–water partition coefficient (Wildman–Crippen LogP) is 0.972. The van der Waals surface area contributed by atoms with E-state index in [1.165, 1.54) is 0 Å². The van der Waals surface area contributed by atoms with E-state index in [1.807, 2.05) is 11.8 Å². The number of likely N-dealkylation sites (N-methyl/N-ethyl adjacent to an activating group) is 1. The van der Waals surface area contributed by atoms with Crippen molar-refractivity contribution < 1.29 is 9.84 Å². The first-order valence-electron chi connectivity index (χ1n) is 5.15. The zero-order chi connectivity index (χ0) is 10.8. The number of thioether (sulfide) groups is 1. The Labute approximate surface area is 91.6 Å². The fraction of sp³-hybridized carbons (Fsp3) is 1.00. The Balaban J connectivity index is 3.49. The monoisotopic (exact) mass is 221 g/mol. The predicted molar refractivity (Wildman–Crippen MR) is 62.9 cm³/mol. The molecular weight excluding hydrogens is 198 g/mol. The number of nitrogens with one attached hydrogen (secondary N) is 1. The highest BCUT2D eigenvalue weighted by Gasteiger charge is 2.07. The molecule has 0 rings (SSSR count). The van der Waals surface area contributed by atoms with Crippen molar-refractivity contribution in [2.24, 2.45) is 5.92 Å². The summed E-state index contributed by atoms with van der Waals surface area (Å²) < 4.78 is 5.12. The first-order chi connectivity index (χ1) is 6.74. The van der Waals surface area contributed by atoms with Crippen molar-refractivity contribution in [1.29, 1.82) is 0 Å². The lowest BCUT2D eigenvalue weighted by molar-refractivity contribution is 0.174. The van der Waals surface area contributed by atoms with Crippen molar-refractivity contribution in [3.05, 3.63) is 0 Å². The maximum Gasteiger partial charge on any atom is 0.0623 e. The summed E-state index contributed by atoms with van der Waals surface area (Å²) in [6.45, 7) is 6.18. The van der Waals surface area contributed by atoms with Crippen molar-refractivity contribution in [3.8, 4) is 0 Å². The molecule has 3 nitrogen and oxygen atoms in total. The fourth-order valence-electron chi connectivity index (χ4n) is 1.12. The van der Waals surface area contributed by atoms with E-state index in [0.717, 1.165) is 24.7 Å². The van der Waals surface area contributed by atoms with E-state index in [1.54, 1.807) is 7.11 Å². The highest BCUT2D eigenvalue weighted by Crippen LogP contribution is 2.09. The van der Waals surface area contributed by atoms with Crippen LogP contribution in [-0.4, -0.2) is 49.5 Å². The Bertz CT molecular complexity index is 119. The van der Waals surface area contributed by atoms with Gasteiger partial charge in [-0.3, -0.25) is 0 Å². The summed E-state index contributed by atoms with van der Waals surface area (Å²) in [5, 5.41) is 12.2. The molecule has 0 radical (unpaired) electrons. The van der Waals surface area contributed by atoms with Crippen LogP contribution in [-0.2, 0) is 4.74 Å². The molecule has 0 heterocycles. The Hall–Kier alpha value is 0.230. The summed E-state index contributed by atoms with van der Waals surface area (Å²) in [5.74, 6) is 2.46. The second-order valence-corrected chi connectivity index (χ2v) is 4.61. The molecule has 0 bridgehead atoms. The number of rotatable bonds is 9. The average molecular weight is 221 g/mol. The van der Waals surface area contributed by atoms with Gasteiger partial charge in [-0.25, -0.2) is 0 Å². The normalized spacial score (nSPS) is 15.4. The molecule has 0 aromatic rings. The van der Waals surface area contributed by atoms with Crippen molar-refractivity contribution >= 4 is 11.8 Å². The van der Waals surface area contributed by atoms with Crippen LogP contribution in [0.15, 0.2) is 0 Å². The van der Waals surface area contributed by atoms with E-state index in [9.17, 15) is 0 Å². The molecule has 0 aliphatic heterocycles. The van der Waals surface area contributed by atoms with Crippen molar-refractivity contribution in [2.45, 2.75) is 19.9 Å². The van der Waals surface area contributed by atoms with Crippen LogP contribution in [0.5, 0.6) is 0 Å².